The Labute approximate surface area is 118 Å². The van der Waals surface area contributed by atoms with Crippen LogP contribution in [0.3, 0.4) is 0 Å². The average Bonchev–Trinajstić information content (AvgIpc) is 2.47. The molecule has 1 aromatic carbocycles. The number of aromatic nitrogens is 2. The molecular formula is C14H18N4O2. The summed E-state index contributed by atoms with van der Waals surface area (Å²) < 4.78 is 10.2. The predicted molar refractivity (Wildman–Crippen MR) is 78.2 cm³/mol. The van der Waals surface area contributed by atoms with Crippen LogP contribution in [0.5, 0.6) is 11.6 Å². The Morgan fingerprint density at radius 1 is 1.10 bits per heavy atom. The van der Waals surface area contributed by atoms with Gasteiger partial charge in [0, 0.05) is 12.6 Å². The van der Waals surface area contributed by atoms with Crippen LogP contribution in [0.25, 0.3) is 0 Å². The van der Waals surface area contributed by atoms with Gasteiger partial charge in [0.05, 0.1) is 14.2 Å². The number of nitrogens with one attached hydrogen (secondary N) is 1. The smallest absolute Gasteiger partial charge is 0.225 e. The van der Waals surface area contributed by atoms with E-state index in [-0.39, 0.29) is 5.95 Å². The highest BCUT2D eigenvalue weighted by Gasteiger charge is 2.02. The largest absolute Gasteiger partial charge is 0.497 e. The molecule has 20 heavy (non-hydrogen) atoms. The fraction of sp³-hybridized carbons (Fsp3) is 0.286. The number of benzene rings is 1. The van der Waals surface area contributed by atoms with Crippen LogP contribution in [-0.4, -0.2) is 30.7 Å². The van der Waals surface area contributed by atoms with Gasteiger partial charge < -0.3 is 20.5 Å². The van der Waals surface area contributed by atoms with Crippen molar-refractivity contribution in [2.24, 2.45) is 0 Å². The van der Waals surface area contributed by atoms with E-state index in [1.165, 1.54) is 5.56 Å². The van der Waals surface area contributed by atoms with E-state index in [0.717, 1.165) is 18.7 Å². The average molecular weight is 274 g/mol. The first-order valence-corrected chi connectivity index (χ1v) is 6.26. The molecule has 1 heterocycles. The predicted octanol–water partition coefficient (Wildman–Crippen LogP) is 1.73. The van der Waals surface area contributed by atoms with Gasteiger partial charge in [-0.15, -0.1) is 0 Å². The fourth-order valence-electron chi connectivity index (χ4n) is 1.77. The second-order valence-electron chi connectivity index (χ2n) is 4.18. The topological polar surface area (TPSA) is 82.3 Å². The van der Waals surface area contributed by atoms with Gasteiger partial charge in [-0.2, -0.15) is 9.97 Å². The van der Waals surface area contributed by atoms with E-state index in [4.69, 9.17) is 15.2 Å². The van der Waals surface area contributed by atoms with Crippen molar-refractivity contribution in [3.05, 3.63) is 35.9 Å². The molecule has 0 fully saturated rings. The van der Waals surface area contributed by atoms with Crippen molar-refractivity contribution in [2.45, 2.75) is 6.42 Å². The third kappa shape index (κ3) is 3.74. The first-order chi connectivity index (χ1) is 9.71. The molecule has 0 spiro atoms. The molecule has 0 aliphatic heterocycles. The van der Waals surface area contributed by atoms with E-state index in [1.807, 2.05) is 24.3 Å². The number of nitrogens with two attached hydrogens (primary N) is 1. The lowest BCUT2D eigenvalue weighted by Gasteiger charge is -2.08. The maximum absolute atomic E-state index is 5.59. The normalized spacial score (nSPS) is 10.1. The Morgan fingerprint density at radius 3 is 2.50 bits per heavy atom. The number of hydrogen-bond acceptors (Lipinski definition) is 6. The summed E-state index contributed by atoms with van der Waals surface area (Å²) in [6, 6.07) is 9.68. The van der Waals surface area contributed by atoms with Crippen LogP contribution < -0.4 is 20.5 Å². The molecule has 0 saturated carbocycles. The van der Waals surface area contributed by atoms with Crippen LogP contribution in [-0.2, 0) is 6.42 Å². The van der Waals surface area contributed by atoms with Gasteiger partial charge in [0.25, 0.3) is 0 Å². The van der Waals surface area contributed by atoms with Crippen molar-refractivity contribution in [3.8, 4) is 11.6 Å². The molecule has 106 valence electrons. The molecule has 0 amide bonds. The number of hydrogen-bond donors (Lipinski definition) is 2. The molecule has 2 rings (SSSR count). The molecule has 0 saturated heterocycles. The van der Waals surface area contributed by atoms with Gasteiger partial charge in [0.15, 0.2) is 0 Å². The standard InChI is InChI=1S/C14H18N4O2/c1-19-11-5-3-10(4-6-11)7-8-16-12-9-13(20-2)18-14(15)17-12/h3-6,9H,7-8H2,1-2H3,(H3,15,16,17,18). The minimum atomic E-state index is 0.191. The number of anilines is 2. The van der Waals surface area contributed by atoms with Gasteiger partial charge >= 0.3 is 0 Å². The maximum Gasteiger partial charge on any atom is 0.225 e. The van der Waals surface area contributed by atoms with Crippen molar-refractivity contribution >= 4 is 11.8 Å². The van der Waals surface area contributed by atoms with Gasteiger partial charge in [-0.05, 0) is 24.1 Å². The quantitative estimate of drug-likeness (QED) is 0.834. The van der Waals surface area contributed by atoms with Crippen molar-refractivity contribution in [1.29, 1.82) is 0 Å². The van der Waals surface area contributed by atoms with Crippen molar-refractivity contribution in [3.63, 3.8) is 0 Å². The van der Waals surface area contributed by atoms with E-state index in [2.05, 4.69) is 15.3 Å². The molecule has 0 aliphatic rings. The number of rotatable bonds is 6. The molecule has 6 nitrogen and oxygen atoms in total. The first kappa shape index (κ1) is 13.9. The van der Waals surface area contributed by atoms with E-state index in [9.17, 15) is 0 Å². The Balaban J connectivity index is 1.90. The molecule has 3 N–H and O–H groups in total. The van der Waals surface area contributed by atoms with E-state index in [1.54, 1.807) is 20.3 Å². The zero-order chi connectivity index (χ0) is 14.4. The van der Waals surface area contributed by atoms with Crippen LogP contribution in [0.15, 0.2) is 30.3 Å². The van der Waals surface area contributed by atoms with E-state index in [0.29, 0.717) is 11.7 Å². The lowest BCUT2D eigenvalue weighted by molar-refractivity contribution is 0.398. The molecule has 1 aromatic heterocycles. The van der Waals surface area contributed by atoms with Crippen LogP contribution >= 0.6 is 0 Å². The first-order valence-electron chi connectivity index (χ1n) is 6.26. The van der Waals surface area contributed by atoms with Crippen molar-refractivity contribution in [1.82, 2.24) is 9.97 Å². The van der Waals surface area contributed by atoms with Crippen LogP contribution in [0.4, 0.5) is 11.8 Å². The summed E-state index contributed by atoms with van der Waals surface area (Å²) in [6.45, 7) is 0.742. The van der Waals surface area contributed by atoms with E-state index < -0.39 is 0 Å². The van der Waals surface area contributed by atoms with Gasteiger partial charge in [-0.1, -0.05) is 12.1 Å². The van der Waals surface area contributed by atoms with Gasteiger partial charge in [0.1, 0.15) is 11.6 Å². The number of ether oxygens (including phenoxy) is 2. The zero-order valence-corrected chi connectivity index (χ0v) is 11.6. The monoisotopic (exact) mass is 274 g/mol. The second kappa shape index (κ2) is 6.60. The lowest BCUT2D eigenvalue weighted by Crippen LogP contribution is -2.08. The van der Waals surface area contributed by atoms with Crippen molar-refractivity contribution in [2.75, 3.05) is 31.8 Å². The van der Waals surface area contributed by atoms with Gasteiger partial charge in [0.2, 0.25) is 11.8 Å². The third-order valence-electron chi connectivity index (χ3n) is 2.81. The van der Waals surface area contributed by atoms with Gasteiger partial charge in [-0.3, -0.25) is 0 Å². The van der Waals surface area contributed by atoms with Crippen molar-refractivity contribution < 1.29 is 9.47 Å². The van der Waals surface area contributed by atoms with Crippen LogP contribution in [0.2, 0.25) is 0 Å². The van der Waals surface area contributed by atoms with Crippen LogP contribution in [0.1, 0.15) is 5.56 Å². The maximum atomic E-state index is 5.59. The molecule has 0 aliphatic carbocycles. The number of methoxy groups -OCH3 is 2. The third-order valence-corrected chi connectivity index (χ3v) is 2.81. The summed E-state index contributed by atoms with van der Waals surface area (Å²) in [5.41, 5.74) is 6.81. The molecule has 0 radical (unpaired) electrons. The highest BCUT2D eigenvalue weighted by Crippen LogP contribution is 2.15. The SMILES string of the molecule is COc1ccc(CCNc2cc(OC)nc(N)n2)cc1. The zero-order valence-electron chi connectivity index (χ0n) is 11.6. The Kier molecular flexibility index (Phi) is 4.60. The summed E-state index contributed by atoms with van der Waals surface area (Å²) in [7, 11) is 3.20. The minimum Gasteiger partial charge on any atom is -0.497 e. The molecule has 0 unspecified atom stereocenters. The minimum absolute atomic E-state index is 0.191. The lowest BCUT2D eigenvalue weighted by atomic mass is 10.1. The molecule has 0 atom stereocenters. The van der Waals surface area contributed by atoms with Crippen LogP contribution in [0, 0.1) is 0 Å². The molecular weight excluding hydrogens is 256 g/mol. The summed E-state index contributed by atoms with van der Waals surface area (Å²) in [5.74, 6) is 2.15. The molecule has 0 bridgehead atoms. The molecule has 2 aromatic rings. The summed E-state index contributed by atoms with van der Waals surface area (Å²) in [6.07, 6.45) is 0.871. The Hall–Kier alpha value is -2.50. The molecule has 6 heteroatoms. The Bertz CT molecular complexity index is 558. The summed E-state index contributed by atoms with van der Waals surface area (Å²) >= 11 is 0. The highest BCUT2D eigenvalue weighted by atomic mass is 16.5. The van der Waals surface area contributed by atoms with E-state index >= 15 is 0 Å². The number of nitrogens with zero attached hydrogens (tertiary/aromatic N) is 2. The summed E-state index contributed by atoms with van der Waals surface area (Å²) in [5, 5.41) is 3.19. The Morgan fingerprint density at radius 2 is 1.85 bits per heavy atom. The second-order valence-corrected chi connectivity index (χ2v) is 4.18. The number of nitrogen functional groups attached to an aromatic ring is 1. The fourth-order valence-corrected chi connectivity index (χ4v) is 1.77. The summed E-state index contributed by atoms with van der Waals surface area (Å²) in [4.78, 5) is 8.02. The highest BCUT2D eigenvalue weighted by molar-refractivity contribution is 5.42. The van der Waals surface area contributed by atoms with Gasteiger partial charge in [-0.25, -0.2) is 0 Å².